The normalized spacial score (nSPS) is 22.3. The SMILES string of the molecule is C/C=C/C(=O)N1CCc2cc3c(c4c2[C@@H]1[C@H](O)c1ccccc1-4)OCO3. The molecule has 0 aromatic heterocycles. The van der Waals surface area contributed by atoms with Gasteiger partial charge in [0.25, 0.3) is 0 Å². The molecule has 0 saturated carbocycles. The van der Waals surface area contributed by atoms with Gasteiger partial charge in [-0.1, -0.05) is 30.3 Å². The number of ether oxygens (including phenoxy) is 2. The van der Waals surface area contributed by atoms with Gasteiger partial charge in [0.15, 0.2) is 11.5 Å². The lowest BCUT2D eigenvalue weighted by atomic mass is 9.75. The van der Waals surface area contributed by atoms with Gasteiger partial charge in [-0.05, 0) is 47.7 Å². The second-order valence-electron chi connectivity index (χ2n) is 6.82. The fourth-order valence-corrected chi connectivity index (χ4v) is 4.42. The van der Waals surface area contributed by atoms with Crippen LogP contribution < -0.4 is 9.47 Å². The smallest absolute Gasteiger partial charge is 0.246 e. The van der Waals surface area contributed by atoms with Crippen molar-refractivity contribution in [3.8, 4) is 22.6 Å². The van der Waals surface area contributed by atoms with Crippen LogP contribution in [0.1, 0.15) is 35.8 Å². The number of fused-ring (bicyclic) bond motifs is 4. The van der Waals surface area contributed by atoms with Crippen molar-refractivity contribution in [1.82, 2.24) is 4.90 Å². The monoisotopic (exact) mass is 349 g/mol. The number of rotatable bonds is 1. The molecule has 2 aromatic carbocycles. The van der Waals surface area contributed by atoms with E-state index >= 15 is 0 Å². The molecule has 2 atom stereocenters. The summed E-state index contributed by atoms with van der Waals surface area (Å²) < 4.78 is 11.4. The van der Waals surface area contributed by atoms with Gasteiger partial charge in [0.2, 0.25) is 12.7 Å². The maximum Gasteiger partial charge on any atom is 0.246 e. The van der Waals surface area contributed by atoms with E-state index < -0.39 is 12.1 Å². The lowest BCUT2D eigenvalue weighted by molar-refractivity contribution is -0.132. The van der Waals surface area contributed by atoms with Gasteiger partial charge in [0.05, 0.1) is 6.04 Å². The Hall–Kier alpha value is -2.79. The maximum atomic E-state index is 12.7. The first-order valence-corrected chi connectivity index (χ1v) is 8.86. The number of hydrogen-bond acceptors (Lipinski definition) is 4. The summed E-state index contributed by atoms with van der Waals surface area (Å²) in [5, 5.41) is 11.2. The largest absolute Gasteiger partial charge is 0.454 e. The van der Waals surface area contributed by atoms with E-state index in [4.69, 9.17) is 9.47 Å². The third-order valence-corrected chi connectivity index (χ3v) is 5.48. The molecule has 2 aromatic rings. The van der Waals surface area contributed by atoms with Gasteiger partial charge >= 0.3 is 0 Å². The van der Waals surface area contributed by atoms with Gasteiger partial charge < -0.3 is 19.5 Å². The molecule has 2 aliphatic heterocycles. The summed E-state index contributed by atoms with van der Waals surface area (Å²) in [7, 11) is 0. The molecule has 1 amide bonds. The van der Waals surface area contributed by atoms with Crippen LogP contribution in [-0.4, -0.2) is 29.3 Å². The highest BCUT2D eigenvalue weighted by molar-refractivity contribution is 5.90. The Kier molecular flexibility index (Phi) is 3.34. The molecular weight excluding hydrogens is 330 g/mol. The molecular formula is C21H19NO4. The first-order chi connectivity index (χ1) is 12.7. The summed E-state index contributed by atoms with van der Waals surface area (Å²) in [5.74, 6) is 1.38. The van der Waals surface area contributed by atoms with Crippen LogP contribution in [0, 0.1) is 0 Å². The molecule has 0 radical (unpaired) electrons. The van der Waals surface area contributed by atoms with E-state index in [1.807, 2.05) is 37.3 Å². The molecule has 5 nitrogen and oxygen atoms in total. The Morgan fingerprint density at radius 3 is 3.00 bits per heavy atom. The van der Waals surface area contributed by atoms with E-state index in [9.17, 15) is 9.90 Å². The number of carbonyl (C=O) groups is 1. The summed E-state index contributed by atoms with van der Waals surface area (Å²) >= 11 is 0. The molecule has 1 N–H and O–H groups in total. The number of carbonyl (C=O) groups excluding carboxylic acids is 1. The van der Waals surface area contributed by atoms with Crippen LogP contribution >= 0.6 is 0 Å². The highest BCUT2D eigenvalue weighted by Crippen LogP contribution is 2.56. The maximum absolute atomic E-state index is 12.7. The van der Waals surface area contributed by atoms with Crippen LogP contribution in [0.2, 0.25) is 0 Å². The first kappa shape index (κ1) is 15.5. The highest BCUT2D eigenvalue weighted by Gasteiger charge is 2.44. The number of hydrogen-bond donors (Lipinski definition) is 1. The number of nitrogens with zero attached hydrogens (tertiary/aromatic N) is 1. The number of amides is 1. The number of allylic oxidation sites excluding steroid dienone is 1. The topological polar surface area (TPSA) is 59.0 Å². The second kappa shape index (κ2) is 5.61. The van der Waals surface area contributed by atoms with Crippen LogP contribution in [-0.2, 0) is 11.2 Å². The predicted molar refractivity (Wildman–Crippen MR) is 95.9 cm³/mol. The zero-order valence-corrected chi connectivity index (χ0v) is 14.4. The minimum absolute atomic E-state index is 0.0785. The number of aliphatic hydroxyl groups is 1. The number of aliphatic hydroxyl groups excluding tert-OH is 1. The van der Waals surface area contributed by atoms with Crippen LogP contribution in [0.3, 0.4) is 0 Å². The van der Waals surface area contributed by atoms with E-state index in [0.29, 0.717) is 12.3 Å². The summed E-state index contributed by atoms with van der Waals surface area (Å²) in [6.07, 6.45) is 3.26. The molecule has 2 heterocycles. The molecule has 132 valence electrons. The van der Waals surface area contributed by atoms with Crippen molar-refractivity contribution in [3.05, 3.63) is 59.2 Å². The Balaban J connectivity index is 1.80. The Labute approximate surface area is 151 Å². The van der Waals surface area contributed by atoms with Crippen molar-refractivity contribution >= 4 is 5.91 Å². The molecule has 0 fully saturated rings. The molecule has 5 heteroatoms. The van der Waals surface area contributed by atoms with Gasteiger partial charge in [-0.25, -0.2) is 0 Å². The van der Waals surface area contributed by atoms with Gasteiger partial charge in [0, 0.05) is 12.1 Å². The molecule has 3 aliphatic rings. The molecule has 0 unspecified atom stereocenters. The predicted octanol–water partition coefficient (Wildman–Crippen LogP) is 3.13. The third-order valence-electron chi connectivity index (χ3n) is 5.48. The Bertz CT molecular complexity index is 949. The lowest BCUT2D eigenvalue weighted by Crippen LogP contribution is -2.43. The van der Waals surface area contributed by atoms with Crippen molar-refractivity contribution < 1.29 is 19.4 Å². The minimum atomic E-state index is -0.771. The van der Waals surface area contributed by atoms with Crippen molar-refractivity contribution in [2.45, 2.75) is 25.5 Å². The summed E-state index contributed by atoms with van der Waals surface area (Å²) in [6, 6.07) is 9.38. The first-order valence-electron chi connectivity index (χ1n) is 8.86. The third kappa shape index (κ3) is 1.98. The van der Waals surface area contributed by atoms with Crippen LogP contribution in [0.15, 0.2) is 42.5 Å². The van der Waals surface area contributed by atoms with Crippen molar-refractivity contribution in [3.63, 3.8) is 0 Å². The van der Waals surface area contributed by atoms with Crippen LogP contribution in [0.5, 0.6) is 11.5 Å². The average Bonchev–Trinajstić information content (AvgIpc) is 3.12. The van der Waals surface area contributed by atoms with Gasteiger partial charge in [-0.3, -0.25) is 4.79 Å². The van der Waals surface area contributed by atoms with E-state index in [1.165, 1.54) is 0 Å². The quantitative estimate of drug-likeness (QED) is 0.804. The summed E-state index contributed by atoms with van der Waals surface area (Å²) in [5.41, 5.74) is 4.84. The highest BCUT2D eigenvalue weighted by atomic mass is 16.7. The van der Waals surface area contributed by atoms with E-state index in [-0.39, 0.29) is 12.7 Å². The molecule has 0 saturated heterocycles. The van der Waals surface area contributed by atoms with Crippen molar-refractivity contribution in [2.75, 3.05) is 13.3 Å². The lowest BCUT2D eigenvalue weighted by Gasteiger charge is -2.44. The van der Waals surface area contributed by atoms with Crippen molar-refractivity contribution in [1.29, 1.82) is 0 Å². The molecule has 0 spiro atoms. The molecule has 0 bridgehead atoms. The fourth-order valence-electron chi connectivity index (χ4n) is 4.42. The Morgan fingerprint density at radius 1 is 1.31 bits per heavy atom. The van der Waals surface area contributed by atoms with Crippen LogP contribution in [0.25, 0.3) is 11.1 Å². The van der Waals surface area contributed by atoms with E-state index in [2.05, 4.69) is 0 Å². The second-order valence-corrected chi connectivity index (χ2v) is 6.82. The number of benzene rings is 2. The minimum Gasteiger partial charge on any atom is -0.454 e. The average molecular weight is 349 g/mol. The van der Waals surface area contributed by atoms with E-state index in [0.717, 1.165) is 40.0 Å². The summed E-state index contributed by atoms with van der Waals surface area (Å²) in [6.45, 7) is 2.59. The van der Waals surface area contributed by atoms with E-state index in [1.54, 1.807) is 17.1 Å². The molecule has 1 aliphatic carbocycles. The molecule has 5 rings (SSSR count). The molecule has 26 heavy (non-hydrogen) atoms. The zero-order valence-electron chi connectivity index (χ0n) is 14.4. The fraction of sp³-hybridized carbons (Fsp3) is 0.286. The Morgan fingerprint density at radius 2 is 2.15 bits per heavy atom. The van der Waals surface area contributed by atoms with Crippen molar-refractivity contribution in [2.24, 2.45) is 0 Å². The summed E-state index contributed by atoms with van der Waals surface area (Å²) in [4.78, 5) is 14.4. The van der Waals surface area contributed by atoms with Gasteiger partial charge in [-0.15, -0.1) is 0 Å². The zero-order chi connectivity index (χ0) is 17.8. The standard InChI is InChI=1S/C21H19NO4/c1-2-5-16(23)22-9-8-12-10-15-21(26-11-25-15)18-13-6-3-4-7-14(13)20(24)19(22)17(12)18/h2-7,10,19-20,24H,8-9,11H2,1H3/b5-2+/t19-,20-/m1/s1. The van der Waals surface area contributed by atoms with Crippen LogP contribution in [0.4, 0.5) is 0 Å². The van der Waals surface area contributed by atoms with Gasteiger partial charge in [0.1, 0.15) is 6.10 Å². The van der Waals surface area contributed by atoms with Gasteiger partial charge in [-0.2, -0.15) is 0 Å².